The van der Waals surface area contributed by atoms with Gasteiger partial charge in [0.1, 0.15) is 5.82 Å². The summed E-state index contributed by atoms with van der Waals surface area (Å²) in [5.74, 6) is 1.32. The lowest BCUT2D eigenvalue weighted by Gasteiger charge is -2.31. The van der Waals surface area contributed by atoms with Gasteiger partial charge in [0.2, 0.25) is 5.95 Å². The van der Waals surface area contributed by atoms with E-state index in [2.05, 4.69) is 34.3 Å². The van der Waals surface area contributed by atoms with Gasteiger partial charge in [-0.3, -0.25) is 0 Å². The Morgan fingerprint density at radius 2 is 2.00 bits per heavy atom. The maximum Gasteiger partial charge on any atom is 0.222 e. The molecule has 1 aromatic heterocycles. The van der Waals surface area contributed by atoms with E-state index in [9.17, 15) is 5.11 Å². The number of hydrogen-bond acceptors (Lipinski definition) is 5. The Labute approximate surface area is 130 Å². The van der Waals surface area contributed by atoms with Crippen LogP contribution in [0.15, 0.2) is 36.4 Å². The highest BCUT2D eigenvalue weighted by molar-refractivity contribution is 5.44. The van der Waals surface area contributed by atoms with Crippen molar-refractivity contribution < 1.29 is 5.11 Å². The van der Waals surface area contributed by atoms with Crippen LogP contribution < -0.4 is 11.1 Å². The van der Waals surface area contributed by atoms with Gasteiger partial charge in [-0.1, -0.05) is 37.3 Å². The van der Waals surface area contributed by atoms with Crippen LogP contribution in [0.5, 0.6) is 0 Å². The van der Waals surface area contributed by atoms with E-state index in [0.29, 0.717) is 0 Å². The second-order valence-corrected chi connectivity index (χ2v) is 5.87. The Morgan fingerprint density at radius 3 is 2.64 bits per heavy atom. The van der Waals surface area contributed by atoms with Crippen molar-refractivity contribution in [1.29, 1.82) is 0 Å². The van der Waals surface area contributed by atoms with E-state index in [1.54, 1.807) is 0 Å². The van der Waals surface area contributed by atoms with E-state index in [-0.39, 0.29) is 24.0 Å². The first kappa shape index (κ1) is 14.8. The third-order valence-electron chi connectivity index (χ3n) is 4.23. The molecule has 1 atom stereocenters. The minimum atomic E-state index is -0.203. The molecule has 1 aromatic carbocycles. The molecule has 0 radical (unpaired) electrons. The Morgan fingerprint density at radius 1 is 1.27 bits per heavy atom. The van der Waals surface area contributed by atoms with Gasteiger partial charge in [0, 0.05) is 12.0 Å². The standard InChI is InChI=1S/C17H22N4O/c1-2-14(11-6-4-3-5-7-11)19-16-10-15(20-17(18)21-16)12-8-13(22)9-12/h3-7,10,12-14,22H,2,8-9H2,1H3,(H3,18,19,20,21)/t12?,13?,14-/m0/s1. The molecular formula is C17H22N4O. The van der Waals surface area contributed by atoms with E-state index < -0.39 is 0 Å². The Kier molecular flexibility index (Phi) is 4.24. The molecule has 3 rings (SSSR count). The van der Waals surface area contributed by atoms with Crippen LogP contribution in [-0.4, -0.2) is 21.2 Å². The average molecular weight is 298 g/mol. The van der Waals surface area contributed by atoms with Gasteiger partial charge in [0.15, 0.2) is 0 Å². The third-order valence-corrected chi connectivity index (χ3v) is 4.23. The van der Waals surface area contributed by atoms with Gasteiger partial charge in [-0.05, 0) is 24.8 Å². The highest BCUT2D eigenvalue weighted by Gasteiger charge is 2.30. The summed E-state index contributed by atoms with van der Waals surface area (Å²) in [7, 11) is 0. The van der Waals surface area contributed by atoms with Crippen molar-refractivity contribution in [2.45, 2.75) is 44.2 Å². The van der Waals surface area contributed by atoms with E-state index in [1.807, 2.05) is 24.3 Å². The van der Waals surface area contributed by atoms with Crippen molar-refractivity contribution in [3.8, 4) is 0 Å². The summed E-state index contributed by atoms with van der Waals surface area (Å²) in [6.07, 6.45) is 2.26. The van der Waals surface area contributed by atoms with Crippen LogP contribution in [0.25, 0.3) is 0 Å². The normalized spacial score (nSPS) is 21.9. The molecule has 0 spiro atoms. The minimum Gasteiger partial charge on any atom is -0.393 e. The average Bonchev–Trinajstić information content (AvgIpc) is 2.50. The fourth-order valence-corrected chi connectivity index (χ4v) is 2.88. The molecule has 0 aliphatic heterocycles. The summed E-state index contributed by atoms with van der Waals surface area (Å²) in [4.78, 5) is 8.61. The quantitative estimate of drug-likeness (QED) is 0.790. The molecule has 0 amide bonds. The van der Waals surface area contributed by atoms with E-state index in [1.165, 1.54) is 5.56 Å². The van der Waals surface area contributed by atoms with Crippen LogP contribution in [-0.2, 0) is 0 Å². The lowest BCUT2D eigenvalue weighted by Crippen LogP contribution is -2.27. The molecule has 1 fully saturated rings. The van der Waals surface area contributed by atoms with Crippen LogP contribution in [0.2, 0.25) is 0 Å². The van der Waals surface area contributed by atoms with E-state index >= 15 is 0 Å². The van der Waals surface area contributed by atoms with Gasteiger partial charge in [0.05, 0.1) is 17.8 Å². The summed E-state index contributed by atoms with van der Waals surface area (Å²) in [5, 5.41) is 12.9. The van der Waals surface area contributed by atoms with Crippen LogP contribution in [0.4, 0.5) is 11.8 Å². The monoisotopic (exact) mass is 298 g/mol. The van der Waals surface area contributed by atoms with Crippen LogP contribution >= 0.6 is 0 Å². The van der Waals surface area contributed by atoms with Crippen LogP contribution in [0.1, 0.15) is 49.4 Å². The largest absolute Gasteiger partial charge is 0.393 e. The Bertz CT molecular complexity index is 626. The zero-order chi connectivity index (χ0) is 15.5. The zero-order valence-corrected chi connectivity index (χ0v) is 12.7. The van der Waals surface area contributed by atoms with Crippen LogP contribution in [0.3, 0.4) is 0 Å². The molecule has 1 aliphatic rings. The number of anilines is 2. The molecule has 116 valence electrons. The van der Waals surface area contributed by atoms with E-state index in [0.717, 1.165) is 30.8 Å². The lowest BCUT2D eigenvalue weighted by atomic mass is 9.80. The topological polar surface area (TPSA) is 84.1 Å². The van der Waals surface area contributed by atoms with Gasteiger partial charge >= 0.3 is 0 Å². The highest BCUT2D eigenvalue weighted by atomic mass is 16.3. The molecule has 0 saturated heterocycles. The first-order valence-electron chi connectivity index (χ1n) is 7.79. The Balaban J connectivity index is 1.79. The van der Waals surface area contributed by atoms with Crippen molar-refractivity contribution in [3.63, 3.8) is 0 Å². The zero-order valence-electron chi connectivity index (χ0n) is 12.7. The number of aliphatic hydroxyl groups is 1. The molecule has 5 nitrogen and oxygen atoms in total. The number of hydrogen-bond donors (Lipinski definition) is 3. The molecule has 0 bridgehead atoms. The Hall–Kier alpha value is -2.14. The second-order valence-electron chi connectivity index (χ2n) is 5.87. The van der Waals surface area contributed by atoms with Gasteiger partial charge in [-0.15, -0.1) is 0 Å². The number of nitrogens with zero attached hydrogens (tertiary/aromatic N) is 2. The van der Waals surface area contributed by atoms with Crippen molar-refractivity contribution in [1.82, 2.24) is 9.97 Å². The minimum absolute atomic E-state index is 0.190. The molecule has 2 aromatic rings. The first-order chi connectivity index (χ1) is 10.7. The van der Waals surface area contributed by atoms with Crippen molar-refractivity contribution >= 4 is 11.8 Å². The third kappa shape index (κ3) is 3.20. The molecular weight excluding hydrogens is 276 g/mol. The first-order valence-corrected chi connectivity index (χ1v) is 7.79. The van der Waals surface area contributed by atoms with Crippen molar-refractivity contribution in [2.75, 3.05) is 11.1 Å². The maximum atomic E-state index is 9.46. The van der Waals surface area contributed by atoms with Gasteiger partial charge in [0.25, 0.3) is 0 Å². The molecule has 1 heterocycles. The van der Waals surface area contributed by atoms with Gasteiger partial charge < -0.3 is 16.2 Å². The molecule has 5 heteroatoms. The fourth-order valence-electron chi connectivity index (χ4n) is 2.88. The van der Waals surface area contributed by atoms with Crippen molar-refractivity contribution in [3.05, 3.63) is 47.7 Å². The summed E-state index contributed by atoms with van der Waals surface area (Å²) >= 11 is 0. The number of aromatic nitrogens is 2. The molecule has 22 heavy (non-hydrogen) atoms. The SMILES string of the molecule is CC[C@H](Nc1cc(C2CC(O)C2)nc(N)n1)c1ccccc1. The number of benzene rings is 1. The summed E-state index contributed by atoms with van der Waals surface area (Å²) in [6, 6.07) is 12.4. The van der Waals surface area contributed by atoms with Gasteiger partial charge in [-0.2, -0.15) is 4.98 Å². The predicted octanol–water partition coefficient (Wildman–Crippen LogP) is 2.86. The molecule has 1 saturated carbocycles. The highest BCUT2D eigenvalue weighted by Crippen LogP contribution is 2.36. The van der Waals surface area contributed by atoms with Crippen LogP contribution in [0, 0.1) is 0 Å². The number of nitrogens with two attached hydrogens (primary N) is 1. The van der Waals surface area contributed by atoms with Gasteiger partial charge in [-0.25, -0.2) is 4.98 Å². The fraction of sp³-hybridized carbons (Fsp3) is 0.412. The molecule has 0 unspecified atom stereocenters. The summed E-state index contributed by atoms with van der Waals surface area (Å²) < 4.78 is 0. The molecule has 1 aliphatic carbocycles. The molecule has 4 N–H and O–H groups in total. The summed E-state index contributed by atoms with van der Waals surface area (Å²) in [6.45, 7) is 2.14. The number of nitrogens with one attached hydrogen (secondary N) is 1. The maximum absolute atomic E-state index is 9.46. The number of aliphatic hydroxyl groups excluding tert-OH is 1. The predicted molar refractivity (Wildman–Crippen MR) is 87.5 cm³/mol. The van der Waals surface area contributed by atoms with Crippen molar-refractivity contribution in [2.24, 2.45) is 0 Å². The lowest BCUT2D eigenvalue weighted by molar-refractivity contribution is 0.0732. The second kappa shape index (κ2) is 6.32. The summed E-state index contributed by atoms with van der Waals surface area (Å²) in [5.41, 5.74) is 7.99. The number of nitrogen functional groups attached to an aromatic ring is 1. The van der Waals surface area contributed by atoms with E-state index in [4.69, 9.17) is 5.73 Å². The number of rotatable bonds is 5. The smallest absolute Gasteiger partial charge is 0.222 e.